The van der Waals surface area contributed by atoms with Crippen molar-refractivity contribution in [3.63, 3.8) is 0 Å². The molecule has 0 radical (unpaired) electrons. The van der Waals surface area contributed by atoms with Crippen LogP contribution in [0.1, 0.15) is 32.3 Å². The summed E-state index contributed by atoms with van der Waals surface area (Å²) in [5.41, 5.74) is 2.88. The molecule has 1 fully saturated rings. The molecule has 5 rings (SSSR count). The molecule has 0 N–H and O–H groups in total. The lowest BCUT2D eigenvalue weighted by molar-refractivity contribution is 0.0960. The van der Waals surface area contributed by atoms with Gasteiger partial charge >= 0.3 is 0 Å². The van der Waals surface area contributed by atoms with Gasteiger partial charge < -0.3 is 9.30 Å². The summed E-state index contributed by atoms with van der Waals surface area (Å²) in [5, 5.41) is 3.35. The number of benzene rings is 3. The molecular formula is C27H31N3O3S2. The number of ether oxygens (including phenoxy) is 1. The second-order valence-electron chi connectivity index (χ2n) is 8.85. The third-order valence-corrected chi connectivity index (χ3v) is 9.71. The van der Waals surface area contributed by atoms with Crippen molar-refractivity contribution in [1.29, 1.82) is 0 Å². The first-order valence-electron chi connectivity index (χ1n) is 12.2. The fourth-order valence-corrected chi connectivity index (χ4v) is 7.16. The summed E-state index contributed by atoms with van der Waals surface area (Å²) in [7, 11) is -3.54. The van der Waals surface area contributed by atoms with Gasteiger partial charge in [-0.1, -0.05) is 68.1 Å². The van der Waals surface area contributed by atoms with Crippen molar-refractivity contribution in [3.8, 4) is 0 Å². The van der Waals surface area contributed by atoms with E-state index in [1.54, 1.807) is 23.9 Å². The molecule has 0 spiro atoms. The highest BCUT2D eigenvalue weighted by Gasteiger charge is 2.24. The molecule has 1 aromatic heterocycles. The monoisotopic (exact) mass is 509 g/mol. The average Bonchev–Trinajstić information content (AvgIpc) is 3.51. The Bertz CT molecular complexity index is 1440. The SMILES string of the molecule is CCN(CC)S(=O)(=O)c1ccc2c(c1)nc(SCc1ccc3ccccc3c1)n2C[C@H]1CCCO1. The van der Waals surface area contributed by atoms with Crippen LogP contribution in [0, 0.1) is 0 Å². The van der Waals surface area contributed by atoms with Crippen LogP contribution in [-0.2, 0) is 27.1 Å². The largest absolute Gasteiger partial charge is 0.376 e. The van der Waals surface area contributed by atoms with E-state index >= 15 is 0 Å². The van der Waals surface area contributed by atoms with Crippen molar-refractivity contribution in [3.05, 3.63) is 66.2 Å². The summed E-state index contributed by atoms with van der Waals surface area (Å²) in [6, 6.07) is 20.2. The molecule has 1 saturated heterocycles. The highest BCUT2D eigenvalue weighted by molar-refractivity contribution is 7.98. The Morgan fingerprint density at radius 2 is 1.86 bits per heavy atom. The van der Waals surface area contributed by atoms with Gasteiger partial charge in [0.25, 0.3) is 0 Å². The Morgan fingerprint density at radius 3 is 2.60 bits per heavy atom. The molecule has 4 aromatic rings. The molecule has 1 aliphatic rings. The molecule has 0 bridgehead atoms. The molecule has 0 unspecified atom stereocenters. The van der Waals surface area contributed by atoms with Gasteiger partial charge in [0, 0.05) is 25.4 Å². The van der Waals surface area contributed by atoms with E-state index in [-0.39, 0.29) is 6.10 Å². The third kappa shape index (κ3) is 4.98. The lowest BCUT2D eigenvalue weighted by Crippen LogP contribution is -2.30. The van der Waals surface area contributed by atoms with Crippen molar-refractivity contribution >= 4 is 43.6 Å². The standard InChI is InChI=1S/C27H31N3O3S2/c1-3-29(4-2)35(31,32)24-13-14-26-25(17-24)28-27(30(26)18-23-10-7-15-33-23)34-19-20-11-12-21-8-5-6-9-22(21)16-20/h5-6,8-9,11-14,16-17,23H,3-4,7,10,15,18-19H2,1-2H3/t23-/m1/s1. The number of fused-ring (bicyclic) bond motifs is 2. The number of nitrogens with zero attached hydrogens (tertiary/aromatic N) is 3. The first-order chi connectivity index (χ1) is 17.0. The molecule has 8 heteroatoms. The van der Waals surface area contributed by atoms with Crippen molar-refractivity contribution < 1.29 is 13.2 Å². The fourth-order valence-electron chi connectivity index (χ4n) is 4.72. The van der Waals surface area contributed by atoms with Crippen LogP contribution in [0.5, 0.6) is 0 Å². The Kier molecular flexibility index (Phi) is 7.16. The van der Waals surface area contributed by atoms with Crippen molar-refractivity contribution in [2.45, 2.75) is 55.1 Å². The molecule has 184 valence electrons. The summed E-state index contributed by atoms with van der Waals surface area (Å²) >= 11 is 1.68. The molecule has 1 atom stereocenters. The van der Waals surface area contributed by atoms with Crippen LogP contribution < -0.4 is 0 Å². The third-order valence-electron chi connectivity index (χ3n) is 6.62. The quantitative estimate of drug-likeness (QED) is 0.271. The van der Waals surface area contributed by atoms with Gasteiger partial charge in [0.1, 0.15) is 0 Å². The van der Waals surface area contributed by atoms with E-state index < -0.39 is 10.0 Å². The first-order valence-corrected chi connectivity index (χ1v) is 14.6. The molecular weight excluding hydrogens is 478 g/mol. The van der Waals surface area contributed by atoms with Gasteiger partial charge in [-0.2, -0.15) is 4.31 Å². The van der Waals surface area contributed by atoms with E-state index in [9.17, 15) is 8.42 Å². The molecule has 3 aromatic carbocycles. The number of rotatable bonds is 9. The number of aromatic nitrogens is 2. The number of hydrogen-bond acceptors (Lipinski definition) is 5. The summed E-state index contributed by atoms with van der Waals surface area (Å²) < 4.78 is 35.8. The first kappa shape index (κ1) is 24.3. The van der Waals surface area contributed by atoms with Crippen molar-refractivity contribution in [1.82, 2.24) is 13.9 Å². The van der Waals surface area contributed by atoms with Crippen molar-refractivity contribution in [2.75, 3.05) is 19.7 Å². The van der Waals surface area contributed by atoms with Gasteiger partial charge in [0.15, 0.2) is 5.16 Å². The molecule has 0 aliphatic carbocycles. The zero-order chi connectivity index (χ0) is 24.4. The van der Waals surface area contributed by atoms with E-state index in [1.807, 2.05) is 19.9 Å². The minimum absolute atomic E-state index is 0.159. The molecule has 0 saturated carbocycles. The highest BCUT2D eigenvalue weighted by atomic mass is 32.2. The average molecular weight is 510 g/mol. The number of hydrogen-bond donors (Lipinski definition) is 0. The van der Waals surface area contributed by atoms with Gasteiger partial charge in [-0.25, -0.2) is 13.4 Å². The molecule has 6 nitrogen and oxygen atoms in total. The van der Waals surface area contributed by atoms with Gasteiger partial charge in [-0.15, -0.1) is 0 Å². The van der Waals surface area contributed by atoms with E-state index in [2.05, 4.69) is 47.0 Å². The summed E-state index contributed by atoms with van der Waals surface area (Å²) in [6.45, 7) is 6.12. The Balaban J connectivity index is 1.48. The lowest BCUT2D eigenvalue weighted by Gasteiger charge is -2.18. The zero-order valence-electron chi connectivity index (χ0n) is 20.2. The second kappa shape index (κ2) is 10.3. The summed E-state index contributed by atoms with van der Waals surface area (Å²) in [6.07, 6.45) is 2.26. The maximum atomic E-state index is 13.1. The molecule has 1 aliphatic heterocycles. The van der Waals surface area contributed by atoms with Gasteiger partial charge in [0.2, 0.25) is 10.0 Å². The van der Waals surface area contributed by atoms with Crippen LogP contribution in [0.15, 0.2) is 70.7 Å². The lowest BCUT2D eigenvalue weighted by atomic mass is 10.1. The fraction of sp³-hybridized carbons (Fsp3) is 0.370. The van der Waals surface area contributed by atoms with E-state index in [1.165, 1.54) is 20.6 Å². The van der Waals surface area contributed by atoms with Crippen LogP contribution in [0.25, 0.3) is 21.8 Å². The Morgan fingerprint density at radius 1 is 1.06 bits per heavy atom. The minimum Gasteiger partial charge on any atom is -0.376 e. The second-order valence-corrected chi connectivity index (χ2v) is 11.7. The molecule has 35 heavy (non-hydrogen) atoms. The normalized spacial score (nSPS) is 16.6. The number of thioether (sulfide) groups is 1. The maximum absolute atomic E-state index is 13.1. The molecule has 2 heterocycles. The summed E-state index contributed by atoms with van der Waals surface area (Å²) in [4.78, 5) is 5.20. The van der Waals surface area contributed by atoms with Crippen LogP contribution in [0.4, 0.5) is 0 Å². The smallest absolute Gasteiger partial charge is 0.243 e. The number of sulfonamides is 1. The predicted octanol–water partition coefficient (Wildman–Crippen LogP) is 5.69. The zero-order valence-corrected chi connectivity index (χ0v) is 21.8. The molecule has 0 amide bonds. The van der Waals surface area contributed by atoms with E-state index in [0.29, 0.717) is 23.5 Å². The highest BCUT2D eigenvalue weighted by Crippen LogP contribution is 2.31. The Labute approximate surface area is 211 Å². The predicted molar refractivity (Wildman–Crippen MR) is 142 cm³/mol. The number of imidazole rings is 1. The van der Waals surface area contributed by atoms with Crippen LogP contribution in [-0.4, -0.2) is 48.1 Å². The van der Waals surface area contributed by atoms with E-state index in [4.69, 9.17) is 9.72 Å². The van der Waals surface area contributed by atoms with Gasteiger partial charge in [0.05, 0.1) is 28.6 Å². The van der Waals surface area contributed by atoms with Crippen molar-refractivity contribution in [2.24, 2.45) is 0 Å². The summed E-state index contributed by atoms with van der Waals surface area (Å²) in [5.74, 6) is 0.782. The van der Waals surface area contributed by atoms with Crippen LogP contribution in [0.2, 0.25) is 0 Å². The minimum atomic E-state index is -3.54. The van der Waals surface area contributed by atoms with Gasteiger partial charge in [-0.05, 0) is 47.4 Å². The Hall–Kier alpha value is -2.39. The van der Waals surface area contributed by atoms with Crippen LogP contribution in [0.3, 0.4) is 0 Å². The topological polar surface area (TPSA) is 64.4 Å². The van der Waals surface area contributed by atoms with Crippen LogP contribution >= 0.6 is 11.8 Å². The van der Waals surface area contributed by atoms with E-state index in [0.717, 1.165) is 42.4 Å². The van der Waals surface area contributed by atoms with Gasteiger partial charge in [-0.3, -0.25) is 0 Å². The maximum Gasteiger partial charge on any atom is 0.243 e.